The number of nitrogens with one attached hydrogen (secondary N) is 1. The van der Waals surface area contributed by atoms with Crippen LogP contribution in [-0.4, -0.2) is 37.0 Å². The van der Waals surface area contributed by atoms with Crippen LogP contribution < -0.4 is 5.32 Å². The summed E-state index contributed by atoms with van der Waals surface area (Å²) in [6, 6.07) is 0. The van der Waals surface area contributed by atoms with Gasteiger partial charge < -0.3 is 10.2 Å². The standard InChI is InChI=1S/C14H26N2O/c1-4-14(5-6-15-10-14)13(17)16-8-11(2)7-12(3)9-16/h11-12,15H,4-10H2,1-3H3. The van der Waals surface area contributed by atoms with Gasteiger partial charge in [-0.2, -0.15) is 0 Å². The van der Waals surface area contributed by atoms with Crippen molar-refractivity contribution in [3.63, 3.8) is 0 Å². The molecule has 2 saturated heterocycles. The van der Waals surface area contributed by atoms with E-state index in [1.165, 1.54) is 6.42 Å². The Balaban J connectivity index is 2.08. The van der Waals surface area contributed by atoms with Crippen molar-refractivity contribution in [3.05, 3.63) is 0 Å². The molecule has 3 nitrogen and oxygen atoms in total. The Morgan fingerprint density at radius 1 is 1.35 bits per heavy atom. The maximum absolute atomic E-state index is 12.7. The van der Waals surface area contributed by atoms with Gasteiger partial charge in [0.05, 0.1) is 5.41 Å². The summed E-state index contributed by atoms with van der Waals surface area (Å²) in [6.07, 6.45) is 3.25. The van der Waals surface area contributed by atoms with Gasteiger partial charge in [0.15, 0.2) is 0 Å². The minimum absolute atomic E-state index is 0.100. The minimum atomic E-state index is -0.100. The van der Waals surface area contributed by atoms with Crippen molar-refractivity contribution in [1.82, 2.24) is 10.2 Å². The summed E-state index contributed by atoms with van der Waals surface area (Å²) in [5.74, 6) is 1.72. The van der Waals surface area contributed by atoms with Crippen molar-refractivity contribution in [3.8, 4) is 0 Å². The molecule has 0 saturated carbocycles. The molecule has 17 heavy (non-hydrogen) atoms. The first kappa shape index (κ1) is 12.9. The lowest BCUT2D eigenvalue weighted by Gasteiger charge is -2.40. The summed E-state index contributed by atoms with van der Waals surface area (Å²) in [5, 5.41) is 3.36. The number of amides is 1. The zero-order valence-electron chi connectivity index (χ0n) is 11.5. The van der Waals surface area contributed by atoms with Gasteiger partial charge in [0.2, 0.25) is 5.91 Å². The summed E-state index contributed by atoms with van der Waals surface area (Å²) in [5.41, 5.74) is -0.100. The van der Waals surface area contributed by atoms with Crippen LogP contribution in [0.25, 0.3) is 0 Å². The molecule has 2 rings (SSSR count). The molecule has 0 aromatic carbocycles. The van der Waals surface area contributed by atoms with E-state index in [1.807, 2.05) is 0 Å². The van der Waals surface area contributed by atoms with Gasteiger partial charge in [0, 0.05) is 19.6 Å². The van der Waals surface area contributed by atoms with Crippen LogP contribution in [0.15, 0.2) is 0 Å². The van der Waals surface area contributed by atoms with Crippen LogP contribution in [0.3, 0.4) is 0 Å². The molecule has 1 amide bonds. The number of likely N-dealkylation sites (tertiary alicyclic amines) is 1. The fourth-order valence-electron chi connectivity index (χ4n) is 3.54. The lowest BCUT2D eigenvalue weighted by Crippen LogP contribution is -2.50. The molecule has 2 aliphatic rings. The number of rotatable bonds is 2. The van der Waals surface area contributed by atoms with Crippen LogP contribution in [0.4, 0.5) is 0 Å². The average molecular weight is 238 g/mol. The number of carbonyl (C=O) groups excluding carboxylic acids is 1. The summed E-state index contributed by atoms with van der Waals surface area (Å²) in [6.45, 7) is 10.5. The lowest BCUT2D eigenvalue weighted by atomic mass is 9.81. The zero-order valence-corrected chi connectivity index (χ0v) is 11.5. The molecule has 3 unspecified atom stereocenters. The summed E-state index contributed by atoms with van der Waals surface area (Å²) in [7, 11) is 0. The molecule has 0 aromatic rings. The number of nitrogens with zero attached hydrogens (tertiary/aromatic N) is 1. The van der Waals surface area contributed by atoms with Crippen LogP contribution in [0.2, 0.25) is 0 Å². The monoisotopic (exact) mass is 238 g/mol. The van der Waals surface area contributed by atoms with Crippen molar-refractivity contribution >= 4 is 5.91 Å². The summed E-state index contributed by atoms with van der Waals surface area (Å²) < 4.78 is 0. The second kappa shape index (κ2) is 4.97. The van der Waals surface area contributed by atoms with Crippen LogP contribution in [-0.2, 0) is 4.79 Å². The second-order valence-corrected chi connectivity index (χ2v) is 6.22. The van der Waals surface area contributed by atoms with E-state index in [4.69, 9.17) is 0 Å². The van der Waals surface area contributed by atoms with E-state index in [9.17, 15) is 4.79 Å². The number of carbonyl (C=O) groups is 1. The van der Waals surface area contributed by atoms with E-state index in [0.717, 1.165) is 39.0 Å². The first-order valence-corrected chi connectivity index (χ1v) is 7.07. The molecule has 3 atom stereocenters. The molecule has 98 valence electrons. The van der Waals surface area contributed by atoms with E-state index >= 15 is 0 Å². The summed E-state index contributed by atoms with van der Waals surface area (Å²) in [4.78, 5) is 14.9. The second-order valence-electron chi connectivity index (χ2n) is 6.22. The highest BCUT2D eigenvalue weighted by Gasteiger charge is 2.43. The average Bonchev–Trinajstić information content (AvgIpc) is 2.76. The van der Waals surface area contributed by atoms with Crippen molar-refractivity contribution in [2.75, 3.05) is 26.2 Å². The molecular formula is C14H26N2O. The van der Waals surface area contributed by atoms with Gasteiger partial charge in [-0.1, -0.05) is 20.8 Å². The molecule has 1 N–H and O–H groups in total. The van der Waals surface area contributed by atoms with E-state index in [-0.39, 0.29) is 5.41 Å². The highest BCUT2D eigenvalue weighted by Crippen LogP contribution is 2.34. The molecule has 3 heteroatoms. The molecule has 2 aliphatic heterocycles. The van der Waals surface area contributed by atoms with E-state index in [2.05, 4.69) is 31.0 Å². The molecule has 0 spiro atoms. The quantitative estimate of drug-likeness (QED) is 0.796. The van der Waals surface area contributed by atoms with Crippen molar-refractivity contribution < 1.29 is 4.79 Å². The minimum Gasteiger partial charge on any atom is -0.342 e. The molecule has 0 aliphatic carbocycles. The first-order valence-electron chi connectivity index (χ1n) is 7.07. The Morgan fingerprint density at radius 2 is 2.00 bits per heavy atom. The largest absolute Gasteiger partial charge is 0.342 e. The van der Waals surface area contributed by atoms with E-state index in [0.29, 0.717) is 17.7 Å². The van der Waals surface area contributed by atoms with Gasteiger partial charge in [0.1, 0.15) is 0 Å². The molecule has 2 heterocycles. The number of hydrogen-bond acceptors (Lipinski definition) is 2. The van der Waals surface area contributed by atoms with Gasteiger partial charge in [0.25, 0.3) is 0 Å². The van der Waals surface area contributed by atoms with Crippen LogP contribution in [0, 0.1) is 17.3 Å². The van der Waals surface area contributed by atoms with Crippen molar-refractivity contribution in [2.45, 2.75) is 40.0 Å². The van der Waals surface area contributed by atoms with Crippen LogP contribution in [0.1, 0.15) is 40.0 Å². The third-order valence-corrected chi connectivity index (χ3v) is 4.53. The van der Waals surface area contributed by atoms with E-state index < -0.39 is 0 Å². The van der Waals surface area contributed by atoms with Gasteiger partial charge in [-0.05, 0) is 37.6 Å². The Bertz CT molecular complexity index is 274. The lowest BCUT2D eigenvalue weighted by molar-refractivity contribution is -0.144. The third kappa shape index (κ3) is 2.49. The topological polar surface area (TPSA) is 32.3 Å². The first-order chi connectivity index (χ1) is 8.07. The molecule has 0 aromatic heterocycles. The SMILES string of the molecule is CCC1(C(=O)N2CC(C)CC(C)C2)CCNC1. The van der Waals surface area contributed by atoms with Gasteiger partial charge in [-0.3, -0.25) is 4.79 Å². The smallest absolute Gasteiger partial charge is 0.230 e. The Labute approximate surface area is 105 Å². The maximum Gasteiger partial charge on any atom is 0.230 e. The fourth-order valence-corrected chi connectivity index (χ4v) is 3.54. The highest BCUT2D eigenvalue weighted by atomic mass is 16.2. The molecule has 2 fully saturated rings. The normalized spacial score (nSPS) is 38.4. The predicted molar refractivity (Wildman–Crippen MR) is 69.7 cm³/mol. The maximum atomic E-state index is 12.7. The zero-order chi connectivity index (χ0) is 12.5. The van der Waals surface area contributed by atoms with Crippen molar-refractivity contribution in [1.29, 1.82) is 0 Å². The fraction of sp³-hybridized carbons (Fsp3) is 0.929. The molecule has 0 bridgehead atoms. The highest BCUT2D eigenvalue weighted by molar-refractivity contribution is 5.83. The Kier molecular flexibility index (Phi) is 3.76. The Morgan fingerprint density at radius 3 is 2.47 bits per heavy atom. The predicted octanol–water partition coefficient (Wildman–Crippen LogP) is 1.88. The summed E-state index contributed by atoms with van der Waals surface area (Å²) >= 11 is 0. The third-order valence-electron chi connectivity index (χ3n) is 4.53. The molecular weight excluding hydrogens is 212 g/mol. The van der Waals surface area contributed by atoms with Crippen LogP contribution >= 0.6 is 0 Å². The van der Waals surface area contributed by atoms with Gasteiger partial charge in [-0.25, -0.2) is 0 Å². The Hall–Kier alpha value is -0.570. The van der Waals surface area contributed by atoms with Crippen LogP contribution in [0.5, 0.6) is 0 Å². The van der Waals surface area contributed by atoms with Gasteiger partial charge >= 0.3 is 0 Å². The number of piperidine rings is 1. The van der Waals surface area contributed by atoms with Crippen molar-refractivity contribution in [2.24, 2.45) is 17.3 Å². The van der Waals surface area contributed by atoms with E-state index in [1.54, 1.807) is 0 Å². The number of hydrogen-bond donors (Lipinski definition) is 1. The molecule has 0 radical (unpaired) electrons. The van der Waals surface area contributed by atoms with Gasteiger partial charge in [-0.15, -0.1) is 0 Å².